The van der Waals surface area contributed by atoms with Gasteiger partial charge in [0, 0.05) is 49.7 Å². The van der Waals surface area contributed by atoms with Gasteiger partial charge in [-0.15, -0.1) is 0 Å². The van der Waals surface area contributed by atoms with Gasteiger partial charge in [0.25, 0.3) is 0 Å². The molecule has 4 heterocycles. The summed E-state index contributed by atoms with van der Waals surface area (Å²) in [5, 5.41) is 0. The molecule has 0 aliphatic carbocycles. The van der Waals surface area contributed by atoms with Crippen LogP contribution in [0.4, 0.5) is 0 Å². The van der Waals surface area contributed by atoms with Crippen LogP contribution in [0.25, 0.3) is 0 Å². The Morgan fingerprint density at radius 2 is 1.07 bits per heavy atom. The van der Waals surface area contributed by atoms with Crippen LogP contribution in [0.15, 0.2) is 49.1 Å². The molecule has 148 valence electrons. The molecule has 4 rings (SSSR count). The van der Waals surface area contributed by atoms with E-state index in [2.05, 4.69) is 44.0 Å². The first-order chi connectivity index (χ1) is 13.8. The number of hydrogen-bond donors (Lipinski definition) is 0. The highest BCUT2D eigenvalue weighted by atomic mass is 16.1. The highest BCUT2D eigenvalue weighted by molar-refractivity contribution is 5.83. The monoisotopic (exact) mass is 378 g/mol. The smallest absolute Gasteiger partial charge is 0.139 e. The van der Waals surface area contributed by atoms with E-state index in [1.54, 1.807) is 0 Å². The van der Waals surface area contributed by atoms with Crippen molar-refractivity contribution in [3.63, 3.8) is 0 Å². The molecule has 28 heavy (non-hydrogen) atoms. The Bertz CT molecular complexity index is 672. The van der Waals surface area contributed by atoms with Gasteiger partial charge < -0.3 is 0 Å². The summed E-state index contributed by atoms with van der Waals surface area (Å²) in [6.07, 6.45) is 11.5. The number of nitrogens with zero attached hydrogens (tertiary/aromatic N) is 4. The molecule has 2 aromatic rings. The lowest BCUT2D eigenvalue weighted by Crippen LogP contribution is -2.41. The molecule has 0 aromatic carbocycles. The maximum Gasteiger partial charge on any atom is 0.139 e. The van der Waals surface area contributed by atoms with Crippen LogP contribution in [-0.4, -0.2) is 51.7 Å². The second kappa shape index (κ2) is 9.39. The molecule has 0 atom stereocenters. The van der Waals surface area contributed by atoms with Gasteiger partial charge in [0.15, 0.2) is 0 Å². The Balaban J connectivity index is 1.20. The summed E-state index contributed by atoms with van der Waals surface area (Å²) in [7, 11) is 0. The van der Waals surface area contributed by atoms with Crippen molar-refractivity contribution >= 4 is 5.78 Å². The molecule has 0 unspecified atom stereocenters. The molecule has 5 nitrogen and oxygen atoms in total. The molecule has 0 bridgehead atoms. The van der Waals surface area contributed by atoms with Crippen molar-refractivity contribution in [2.24, 2.45) is 11.8 Å². The summed E-state index contributed by atoms with van der Waals surface area (Å²) in [6, 6.07) is 8.32. The lowest BCUT2D eigenvalue weighted by Gasteiger charge is -2.36. The largest absolute Gasteiger partial charge is 0.299 e. The minimum atomic E-state index is 0.269. The lowest BCUT2D eigenvalue weighted by molar-refractivity contribution is -0.129. The van der Waals surface area contributed by atoms with Gasteiger partial charge in [-0.1, -0.05) is 0 Å². The number of Topliss-reactive ketones (excluding diaryl/α,β-unsaturated/α-hetero) is 1. The van der Waals surface area contributed by atoms with Crippen molar-refractivity contribution < 1.29 is 4.79 Å². The zero-order valence-electron chi connectivity index (χ0n) is 16.5. The lowest BCUT2D eigenvalue weighted by atomic mass is 9.81. The van der Waals surface area contributed by atoms with Crippen molar-refractivity contribution in [2.45, 2.75) is 38.8 Å². The molecule has 0 N–H and O–H groups in total. The maximum atomic E-state index is 13.0. The molecule has 2 aliphatic heterocycles. The van der Waals surface area contributed by atoms with E-state index in [1.807, 2.05) is 24.8 Å². The first-order valence-corrected chi connectivity index (χ1v) is 10.5. The van der Waals surface area contributed by atoms with Gasteiger partial charge in [0.05, 0.1) is 0 Å². The van der Waals surface area contributed by atoms with E-state index in [4.69, 9.17) is 0 Å². The summed E-state index contributed by atoms with van der Waals surface area (Å²) < 4.78 is 0. The van der Waals surface area contributed by atoms with Crippen molar-refractivity contribution in [3.8, 4) is 0 Å². The number of carbonyl (C=O) groups is 1. The molecule has 2 fully saturated rings. The predicted octanol–water partition coefficient (Wildman–Crippen LogP) is 3.17. The maximum absolute atomic E-state index is 13.0. The van der Waals surface area contributed by atoms with Gasteiger partial charge in [-0.25, -0.2) is 0 Å². The minimum Gasteiger partial charge on any atom is -0.299 e. The van der Waals surface area contributed by atoms with Gasteiger partial charge in [0.2, 0.25) is 0 Å². The number of ketones is 1. The number of pyridine rings is 2. The van der Waals surface area contributed by atoms with Crippen LogP contribution in [0.2, 0.25) is 0 Å². The number of hydrogen-bond acceptors (Lipinski definition) is 5. The quantitative estimate of drug-likeness (QED) is 0.773. The third-order valence-electron chi connectivity index (χ3n) is 6.29. The van der Waals surface area contributed by atoms with Gasteiger partial charge in [0.1, 0.15) is 5.78 Å². The normalized spacial score (nSPS) is 20.3. The van der Waals surface area contributed by atoms with E-state index in [1.165, 1.54) is 11.1 Å². The van der Waals surface area contributed by atoms with E-state index in [-0.39, 0.29) is 11.8 Å². The SMILES string of the molecule is O=C(C1CCN(Cc2ccncc2)CC1)C1CCN(Cc2ccncc2)CC1. The molecular weight excluding hydrogens is 348 g/mol. The zero-order chi connectivity index (χ0) is 19.2. The van der Waals surface area contributed by atoms with Crippen molar-refractivity contribution in [2.75, 3.05) is 26.2 Å². The van der Waals surface area contributed by atoms with E-state index in [0.29, 0.717) is 5.78 Å². The molecule has 2 saturated heterocycles. The minimum absolute atomic E-state index is 0.269. The standard InChI is InChI=1S/C23H30N4O/c28-23(21-5-13-26(14-6-21)17-19-1-9-24-10-2-19)22-7-15-27(16-8-22)18-20-3-11-25-12-4-20/h1-4,9-12,21-22H,5-8,13-18H2. The Hall–Kier alpha value is -2.11. The van der Waals surface area contributed by atoms with E-state index in [9.17, 15) is 4.79 Å². The Kier molecular flexibility index (Phi) is 6.45. The van der Waals surface area contributed by atoms with Crippen LogP contribution in [-0.2, 0) is 17.9 Å². The first-order valence-electron chi connectivity index (χ1n) is 10.5. The summed E-state index contributed by atoms with van der Waals surface area (Å²) >= 11 is 0. The number of carbonyl (C=O) groups excluding carboxylic acids is 1. The molecule has 2 aromatic heterocycles. The topological polar surface area (TPSA) is 49.3 Å². The van der Waals surface area contributed by atoms with E-state index in [0.717, 1.165) is 65.0 Å². The van der Waals surface area contributed by atoms with E-state index >= 15 is 0 Å². The van der Waals surface area contributed by atoms with Crippen molar-refractivity contribution in [3.05, 3.63) is 60.2 Å². The predicted molar refractivity (Wildman–Crippen MR) is 109 cm³/mol. The molecule has 0 saturated carbocycles. The molecule has 5 heteroatoms. The van der Waals surface area contributed by atoms with Crippen LogP contribution in [0.3, 0.4) is 0 Å². The van der Waals surface area contributed by atoms with Crippen LogP contribution in [0.5, 0.6) is 0 Å². The van der Waals surface area contributed by atoms with Crippen LogP contribution < -0.4 is 0 Å². The third-order valence-corrected chi connectivity index (χ3v) is 6.29. The Morgan fingerprint density at radius 3 is 1.43 bits per heavy atom. The molecule has 0 amide bonds. The molecule has 0 radical (unpaired) electrons. The fourth-order valence-electron chi connectivity index (χ4n) is 4.58. The number of aromatic nitrogens is 2. The second-order valence-electron chi connectivity index (χ2n) is 8.21. The Morgan fingerprint density at radius 1 is 0.714 bits per heavy atom. The van der Waals surface area contributed by atoms with E-state index < -0.39 is 0 Å². The fourth-order valence-corrected chi connectivity index (χ4v) is 4.58. The zero-order valence-corrected chi connectivity index (χ0v) is 16.5. The highest BCUT2D eigenvalue weighted by Crippen LogP contribution is 2.28. The molecule has 0 spiro atoms. The van der Waals surface area contributed by atoms with Crippen molar-refractivity contribution in [1.29, 1.82) is 0 Å². The fraction of sp³-hybridized carbons (Fsp3) is 0.522. The number of likely N-dealkylation sites (tertiary alicyclic amines) is 2. The molecule has 2 aliphatic rings. The average Bonchev–Trinajstić information content (AvgIpc) is 2.76. The van der Waals surface area contributed by atoms with Crippen molar-refractivity contribution in [1.82, 2.24) is 19.8 Å². The Labute approximate surface area is 167 Å². The highest BCUT2D eigenvalue weighted by Gasteiger charge is 2.32. The summed E-state index contributed by atoms with van der Waals surface area (Å²) in [6.45, 7) is 6.05. The number of piperidine rings is 2. The van der Waals surface area contributed by atoms with Crippen LogP contribution in [0, 0.1) is 11.8 Å². The van der Waals surface area contributed by atoms with Gasteiger partial charge >= 0.3 is 0 Å². The summed E-state index contributed by atoms with van der Waals surface area (Å²) in [5.74, 6) is 1.07. The average molecular weight is 379 g/mol. The number of rotatable bonds is 6. The molecular formula is C23H30N4O. The van der Waals surface area contributed by atoms with Gasteiger partial charge in [-0.2, -0.15) is 0 Å². The van der Waals surface area contributed by atoms with Gasteiger partial charge in [-0.05, 0) is 87.3 Å². The van der Waals surface area contributed by atoms with Crippen LogP contribution in [0.1, 0.15) is 36.8 Å². The second-order valence-corrected chi connectivity index (χ2v) is 8.21. The summed E-state index contributed by atoms with van der Waals surface area (Å²) in [5.41, 5.74) is 2.61. The summed E-state index contributed by atoms with van der Waals surface area (Å²) in [4.78, 5) is 26.1. The first kappa shape index (κ1) is 19.2. The third kappa shape index (κ3) is 5.03. The van der Waals surface area contributed by atoms with Crippen LogP contribution >= 0.6 is 0 Å². The van der Waals surface area contributed by atoms with Gasteiger partial charge in [-0.3, -0.25) is 24.6 Å².